The Bertz CT molecular complexity index is 1750. The third-order valence-electron chi connectivity index (χ3n) is 7.21. The summed E-state index contributed by atoms with van der Waals surface area (Å²) in [5.74, 6) is 0.560. The van der Waals surface area contributed by atoms with Crippen LogP contribution in [-0.2, 0) is 7.05 Å². The number of aromatic nitrogens is 1. The van der Waals surface area contributed by atoms with Crippen LogP contribution >= 0.6 is 0 Å². The number of para-hydroxylation sites is 1. The van der Waals surface area contributed by atoms with Gasteiger partial charge in [-0.2, -0.15) is 0 Å². The monoisotopic (exact) mass is 481 g/mol. The zero-order valence-electron chi connectivity index (χ0n) is 22.5. The van der Waals surface area contributed by atoms with E-state index in [1.165, 1.54) is 60.0 Å². The molecule has 0 aliphatic rings. The zero-order chi connectivity index (χ0) is 25.9. The number of nitrogens with zero attached hydrogens (tertiary/aromatic N) is 1. The molecule has 0 aliphatic carbocycles. The molecule has 1 aromatic heterocycles. The lowest BCUT2D eigenvalue weighted by atomic mass is 9.89. The van der Waals surface area contributed by atoms with Crippen LogP contribution in [0.2, 0.25) is 0 Å². The van der Waals surface area contributed by atoms with Crippen molar-refractivity contribution in [3.63, 3.8) is 0 Å². The summed E-state index contributed by atoms with van der Waals surface area (Å²) in [6.07, 6.45) is 0. The van der Waals surface area contributed by atoms with Crippen molar-refractivity contribution < 1.29 is 0 Å². The molecule has 0 N–H and O–H groups in total. The second-order valence-corrected chi connectivity index (χ2v) is 9.68. The average molecular weight is 482 g/mol. The molecule has 184 valence electrons. The minimum Gasteiger partial charge on any atom is -0.344 e. The molecule has 0 unspecified atom stereocenters. The second kappa shape index (κ2) is 10.5. The van der Waals surface area contributed by atoms with Crippen molar-refractivity contribution in [3.05, 3.63) is 121 Å². The van der Waals surface area contributed by atoms with E-state index in [9.17, 15) is 0 Å². The van der Waals surface area contributed by atoms with E-state index >= 15 is 0 Å². The van der Waals surface area contributed by atoms with Gasteiger partial charge in [0.2, 0.25) is 0 Å². The van der Waals surface area contributed by atoms with Gasteiger partial charge in [0.1, 0.15) is 0 Å². The molecule has 0 bridgehead atoms. The minimum atomic E-state index is 0.560. The normalized spacial score (nSPS) is 11.1. The first kappa shape index (κ1) is 24.6. The largest absolute Gasteiger partial charge is 0.344 e. The summed E-state index contributed by atoms with van der Waals surface area (Å²) in [7, 11) is 2.12. The standard InChI is InChI=1S/C19H16.C15H13N.C2H6/c1-12(2)16-10-8-15-7-6-13-4-3-5-14-9-11-17(16)19(15)18(13)14;1-16-14-10-6-5-9-13(14)11-15(16)12-7-3-2-4-8-12;1-2/h3-12H,1-2H3;2-11H,1H3;1-2H3. The van der Waals surface area contributed by atoms with Gasteiger partial charge < -0.3 is 4.57 Å². The molecular formula is C36H35N. The van der Waals surface area contributed by atoms with Gasteiger partial charge in [0.15, 0.2) is 0 Å². The van der Waals surface area contributed by atoms with E-state index < -0.39 is 0 Å². The average Bonchev–Trinajstić information content (AvgIpc) is 3.30. The maximum absolute atomic E-state index is 2.29. The van der Waals surface area contributed by atoms with Gasteiger partial charge in [0.25, 0.3) is 0 Å². The van der Waals surface area contributed by atoms with E-state index in [4.69, 9.17) is 0 Å². The Labute approximate surface area is 220 Å². The topological polar surface area (TPSA) is 4.93 Å². The molecule has 1 nitrogen and oxygen atoms in total. The van der Waals surface area contributed by atoms with Crippen LogP contribution in [0.5, 0.6) is 0 Å². The van der Waals surface area contributed by atoms with Crippen molar-refractivity contribution in [1.29, 1.82) is 0 Å². The highest BCUT2D eigenvalue weighted by Crippen LogP contribution is 2.37. The highest BCUT2D eigenvalue weighted by molar-refractivity contribution is 6.23. The number of hydrogen-bond donors (Lipinski definition) is 0. The molecule has 37 heavy (non-hydrogen) atoms. The molecule has 0 saturated carbocycles. The van der Waals surface area contributed by atoms with Crippen molar-refractivity contribution in [3.8, 4) is 11.3 Å². The number of fused-ring (bicyclic) bond motifs is 1. The first-order valence-electron chi connectivity index (χ1n) is 13.4. The summed E-state index contributed by atoms with van der Waals surface area (Å²) >= 11 is 0. The SMILES string of the molecule is CC.CC(C)c1ccc2ccc3cccc4ccc1c2c34.Cn1c(-c2ccccc2)cc2ccccc21. The van der Waals surface area contributed by atoms with E-state index in [0.29, 0.717) is 5.92 Å². The van der Waals surface area contributed by atoms with E-state index in [1.807, 2.05) is 19.9 Å². The van der Waals surface area contributed by atoms with Crippen molar-refractivity contribution in [2.45, 2.75) is 33.6 Å². The van der Waals surface area contributed by atoms with Gasteiger partial charge in [-0.05, 0) is 61.5 Å². The molecule has 7 rings (SSSR count). The summed E-state index contributed by atoms with van der Waals surface area (Å²) in [5.41, 5.74) is 5.26. The molecule has 0 fully saturated rings. The van der Waals surface area contributed by atoms with Crippen LogP contribution in [0.25, 0.3) is 54.5 Å². The van der Waals surface area contributed by atoms with Crippen LogP contribution in [0.1, 0.15) is 39.2 Å². The third kappa shape index (κ3) is 4.47. The molecule has 0 atom stereocenters. The fourth-order valence-electron chi connectivity index (χ4n) is 5.44. The molecule has 0 aliphatic heterocycles. The Morgan fingerprint density at radius 1 is 0.541 bits per heavy atom. The lowest BCUT2D eigenvalue weighted by Gasteiger charge is -2.15. The summed E-state index contributed by atoms with van der Waals surface area (Å²) in [5, 5.41) is 9.60. The maximum atomic E-state index is 2.29. The summed E-state index contributed by atoms with van der Waals surface area (Å²) in [6.45, 7) is 8.54. The van der Waals surface area contributed by atoms with Crippen LogP contribution in [0.3, 0.4) is 0 Å². The fourth-order valence-corrected chi connectivity index (χ4v) is 5.44. The quantitative estimate of drug-likeness (QED) is 0.216. The Morgan fingerprint density at radius 2 is 1.11 bits per heavy atom. The molecular weight excluding hydrogens is 446 g/mol. The van der Waals surface area contributed by atoms with Crippen LogP contribution in [0.15, 0.2) is 115 Å². The molecule has 6 aromatic carbocycles. The molecule has 0 spiro atoms. The van der Waals surface area contributed by atoms with Gasteiger partial charge in [-0.1, -0.05) is 131 Å². The minimum absolute atomic E-state index is 0.560. The summed E-state index contributed by atoms with van der Waals surface area (Å²) in [6, 6.07) is 41.4. The molecule has 0 saturated heterocycles. The smallest absolute Gasteiger partial charge is 0.0488 e. The van der Waals surface area contributed by atoms with Crippen molar-refractivity contribution in [2.75, 3.05) is 0 Å². The zero-order valence-corrected chi connectivity index (χ0v) is 22.5. The number of aryl methyl sites for hydroxylation is 1. The van der Waals surface area contributed by atoms with Crippen molar-refractivity contribution in [1.82, 2.24) is 4.57 Å². The Kier molecular flexibility index (Phi) is 6.97. The van der Waals surface area contributed by atoms with Crippen LogP contribution < -0.4 is 0 Å². The van der Waals surface area contributed by atoms with Gasteiger partial charge in [-0.15, -0.1) is 0 Å². The lowest BCUT2D eigenvalue weighted by Crippen LogP contribution is -1.91. The highest BCUT2D eigenvalue weighted by Gasteiger charge is 2.12. The summed E-state index contributed by atoms with van der Waals surface area (Å²) < 4.78 is 2.24. The van der Waals surface area contributed by atoms with Gasteiger partial charge in [0, 0.05) is 23.6 Å². The Hall–Kier alpha value is -4.10. The van der Waals surface area contributed by atoms with Crippen LogP contribution in [0.4, 0.5) is 0 Å². The molecule has 0 radical (unpaired) electrons. The number of hydrogen-bond acceptors (Lipinski definition) is 0. The Morgan fingerprint density at radius 3 is 1.78 bits per heavy atom. The van der Waals surface area contributed by atoms with E-state index in [-0.39, 0.29) is 0 Å². The Balaban J connectivity index is 0.000000144. The predicted octanol–water partition coefficient (Wildman–Crippen LogP) is 10.6. The van der Waals surface area contributed by atoms with Crippen molar-refractivity contribution >= 4 is 43.2 Å². The van der Waals surface area contributed by atoms with E-state index in [1.54, 1.807) is 0 Å². The van der Waals surface area contributed by atoms with E-state index in [2.05, 4.69) is 135 Å². The summed E-state index contributed by atoms with van der Waals surface area (Å²) in [4.78, 5) is 0. The maximum Gasteiger partial charge on any atom is 0.0488 e. The van der Waals surface area contributed by atoms with Gasteiger partial charge in [-0.25, -0.2) is 0 Å². The number of benzene rings is 6. The van der Waals surface area contributed by atoms with Crippen molar-refractivity contribution in [2.24, 2.45) is 7.05 Å². The molecule has 7 aromatic rings. The fraction of sp³-hybridized carbons (Fsp3) is 0.167. The molecule has 1 heterocycles. The van der Waals surface area contributed by atoms with Gasteiger partial charge >= 0.3 is 0 Å². The van der Waals surface area contributed by atoms with Crippen LogP contribution in [0, 0.1) is 0 Å². The number of rotatable bonds is 2. The molecule has 0 amide bonds. The first-order valence-corrected chi connectivity index (χ1v) is 13.4. The highest BCUT2D eigenvalue weighted by atomic mass is 14.9. The van der Waals surface area contributed by atoms with Gasteiger partial charge in [0.05, 0.1) is 0 Å². The first-order chi connectivity index (χ1) is 18.1. The van der Waals surface area contributed by atoms with E-state index in [0.717, 1.165) is 0 Å². The lowest BCUT2D eigenvalue weighted by molar-refractivity contribution is 0.877. The predicted molar refractivity (Wildman–Crippen MR) is 164 cm³/mol. The second-order valence-electron chi connectivity index (χ2n) is 9.68. The molecule has 1 heteroatoms. The van der Waals surface area contributed by atoms with Gasteiger partial charge in [-0.3, -0.25) is 0 Å². The van der Waals surface area contributed by atoms with Crippen LogP contribution in [-0.4, -0.2) is 4.57 Å². The third-order valence-corrected chi connectivity index (χ3v) is 7.21.